The monoisotopic (exact) mass is 467 g/mol. The van der Waals surface area contributed by atoms with Crippen LogP contribution in [0.25, 0.3) is 0 Å². The summed E-state index contributed by atoms with van der Waals surface area (Å²) in [6, 6.07) is 4.56. The number of nitrogens with zero attached hydrogens (tertiary/aromatic N) is 2. The molecule has 2 heterocycles. The first-order chi connectivity index (χ1) is 15.4. The average molecular weight is 468 g/mol. The summed E-state index contributed by atoms with van der Waals surface area (Å²) >= 11 is 0. The van der Waals surface area contributed by atoms with Crippen LogP contribution in [0.4, 0.5) is 16.2 Å². The Morgan fingerprint density at radius 3 is 2.18 bits per heavy atom. The molecule has 1 amide bonds. The number of hydrogen-bond donors (Lipinski definition) is 3. The topological polar surface area (TPSA) is 158 Å². The molecule has 11 heteroatoms. The van der Waals surface area contributed by atoms with E-state index in [4.69, 9.17) is 15.2 Å². The summed E-state index contributed by atoms with van der Waals surface area (Å²) in [6.45, 7) is 6.44. The number of rotatable bonds is 5. The number of hydrogen-bond acceptors (Lipinski definition) is 9. The molecule has 184 valence electrons. The van der Waals surface area contributed by atoms with E-state index in [9.17, 15) is 25.1 Å². The van der Waals surface area contributed by atoms with Crippen molar-refractivity contribution in [2.45, 2.75) is 82.6 Å². The van der Waals surface area contributed by atoms with Crippen LogP contribution in [0, 0.1) is 10.1 Å². The molecule has 1 aliphatic carbocycles. The van der Waals surface area contributed by atoms with Crippen molar-refractivity contribution in [1.29, 1.82) is 0 Å². The lowest BCUT2D eigenvalue weighted by atomic mass is 9.96. The van der Waals surface area contributed by atoms with Crippen molar-refractivity contribution in [2.75, 3.05) is 18.1 Å². The lowest BCUT2D eigenvalue weighted by molar-refractivity contribution is -0.387. The molecule has 11 nitrogen and oxygen atoms in total. The van der Waals surface area contributed by atoms with Crippen molar-refractivity contribution in [3.8, 4) is 0 Å². The fourth-order valence-electron chi connectivity index (χ4n) is 4.18. The minimum absolute atomic E-state index is 0.00510. The number of primary amides is 1. The Bertz CT molecular complexity index is 850. The minimum atomic E-state index is -2.53. The first-order valence-corrected chi connectivity index (χ1v) is 11.1. The minimum Gasteiger partial charge on any atom is -0.444 e. The highest BCUT2D eigenvalue weighted by molar-refractivity contribution is 5.65. The molecule has 0 aromatic heterocycles. The van der Waals surface area contributed by atoms with Gasteiger partial charge >= 0.3 is 12.1 Å². The van der Waals surface area contributed by atoms with Crippen molar-refractivity contribution < 1.29 is 34.1 Å². The van der Waals surface area contributed by atoms with Crippen LogP contribution in [0.5, 0.6) is 0 Å². The molecule has 4 N–H and O–H groups in total. The second-order valence-electron chi connectivity index (χ2n) is 9.64. The second-order valence-corrected chi connectivity index (χ2v) is 9.64. The van der Waals surface area contributed by atoms with Crippen LogP contribution in [0.1, 0.15) is 58.4 Å². The number of nitro groups is 1. The summed E-state index contributed by atoms with van der Waals surface area (Å²) in [5.74, 6) is -2.53. The van der Waals surface area contributed by atoms with Crippen LogP contribution in [0.2, 0.25) is 0 Å². The molecular formula is C22H33N3O8. The van der Waals surface area contributed by atoms with Gasteiger partial charge in [0.1, 0.15) is 5.60 Å². The van der Waals surface area contributed by atoms with Crippen molar-refractivity contribution in [3.63, 3.8) is 0 Å². The predicted octanol–water partition coefficient (Wildman–Crippen LogP) is 2.51. The number of benzene rings is 1. The fraction of sp³-hybridized carbons (Fsp3) is 0.682. The maximum Gasteiger partial charge on any atom is 0.405 e. The lowest BCUT2D eigenvalue weighted by Gasteiger charge is -2.37. The quantitative estimate of drug-likeness (QED) is 0.336. The number of fused-ring (bicyclic) bond motifs is 2. The van der Waals surface area contributed by atoms with E-state index in [1.807, 2.05) is 0 Å². The van der Waals surface area contributed by atoms with Gasteiger partial charge in [0.2, 0.25) is 0 Å². The molecule has 0 radical (unpaired) electrons. The van der Waals surface area contributed by atoms with Crippen LogP contribution < -0.4 is 10.6 Å². The summed E-state index contributed by atoms with van der Waals surface area (Å²) in [4.78, 5) is 22.9. The van der Waals surface area contributed by atoms with Gasteiger partial charge in [-0.25, -0.2) is 4.79 Å². The van der Waals surface area contributed by atoms with Gasteiger partial charge in [-0.15, -0.1) is 0 Å². The number of ether oxygens (including phenoxy) is 3. The van der Waals surface area contributed by atoms with E-state index in [2.05, 4.69) is 9.64 Å². The zero-order valence-electron chi connectivity index (χ0n) is 19.2. The Morgan fingerprint density at radius 2 is 1.76 bits per heavy atom. The Hall–Kier alpha value is -2.47. The molecule has 3 fully saturated rings. The molecule has 2 saturated heterocycles. The Labute approximate surface area is 192 Å². The third-order valence-corrected chi connectivity index (χ3v) is 5.82. The van der Waals surface area contributed by atoms with Crippen LogP contribution >= 0.6 is 0 Å². The van der Waals surface area contributed by atoms with Crippen LogP contribution in [0.15, 0.2) is 18.2 Å². The van der Waals surface area contributed by atoms with Gasteiger partial charge in [0.25, 0.3) is 5.69 Å². The average Bonchev–Trinajstić information content (AvgIpc) is 2.91. The Kier molecular flexibility index (Phi) is 7.47. The number of amides is 1. The van der Waals surface area contributed by atoms with Crippen LogP contribution in [0.3, 0.4) is 0 Å². The second kappa shape index (κ2) is 9.80. The first kappa shape index (κ1) is 25.2. The third-order valence-electron chi connectivity index (χ3n) is 5.82. The number of carbonyl (C=O) groups excluding carboxylic acids is 1. The van der Waals surface area contributed by atoms with Gasteiger partial charge in [0.05, 0.1) is 36.3 Å². The molecule has 2 atom stereocenters. The van der Waals surface area contributed by atoms with E-state index in [0.717, 1.165) is 32.1 Å². The van der Waals surface area contributed by atoms with E-state index in [-0.39, 0.29) is 29.4 Å². The van der Waals surface area contributed by atoms with Gasteiger partial charge in [-0.2, -0.15) is 0 Å². The van der Waals surface area contributed by atoms with E-state index < -0.39 is 22.6 Å². The van der Waals surface area contributed by atoms with Crippen molar-refractivity contribution in [3.05, 3.63) is 33.9 Å². The number of morpholine rings is 1. The summed E-state index contributed by atoms with van der Waals surface area (Å²) in [5.41, 5.74) is 4.70. The molecule has 1 aromatic rings. The van der Waals surface area contributed by atoms with Gasteiger partial charge in [-0.3, -0.25) is 10.1 Å². The lowest BCUT2D eigenvalue weighted by Crippen LogP contribution is -2.46. The van der Waals surface area contributed by atoms with Gasteiger partial charge in [-0.1, -0.05) is 0 Å². The summed E-state index contributed by atoms with van der Waals surface area (Å²) in [5, 5.41) is 32.1. The SMILES string of the molecule is CC(C)(C)OC(N)=O.O=[N+]([O-])c1cc(N2C3CCC2COC3)cc(C(O)(O)OC2CCC2)c1. The van der Waals surface area contributed by atoms with Gasteiger partial charge in [0, 0.05) is 23.4 Å². The smallest absolute Gasteiger partial charge is 0.405 e. The molecule has 3 aliphatic rings. The number of nitrogens with two attached hydrogens (primary N) is 1. The normalized spacial score (nSPS) is 22.8. The van der Waals surface area contributed by atoms with Gasteiger partial charge in [-0.05, 0) is 58.9 Å². The zero-order valence-corrected chi connectivity index (χ0v) is 19.2. The molecule has 2 aliphatic heterocycles. The number of aliphatic hydroxyl groups is 2. The van der Waals surface area contributed by atoms with E-state index in [0.29, 0.717) is 18.9 Å². The van der Waals surface area contributed by atoms with Crippen molar-refractivity contribution in [2.24, 2.45) is 5.73 Å². The summed E-state index contributed by atoms with van der Waals surface area (Å²) < 4.78 is 15.5. The molecule has 2 bridgehead atoms. The van der Waals surface area contributed by atoms with Crippen LogP contribution in [-0.2, 0) is 20.2 Å². The van der Waals surface area contributed by atoms with E-state index in [1.54, 1.807) is 26.8 Å². The molecule has 4 rings (SSSR count). The van der Waals surface area contributed by atoms with Crippen molar-refractivity contribution in [1.82, 2.24) is 0 Å². The predicted molar refractivity (Wildman–Crippen MR) is 118 cm³/mol. The Morgan fingerprint density at radius 1 is 1.15 bits per heavy atom. The zero-order chi connectivity index (χ0) is 24.4. The number of anilines is 1. The van der Waals surface area contributed by atoms with Gasteiger partial charge < -0.3 is 35.1 Å². The fourth-order valence-corrected chi connectivity index (χ4v) is 4.18. The highest BCUT2D eigenvalue weighted by Crippen LogP contribution is 2.39. The molecule has 1 aromatic carbocycles. The molecule has 33 heavy (non-hydrogen) atoms. The maximum atomic E-state index is 11.3. The highest BCUT2D eigenvalue weighted by Gasteiger charge is 2.40. The molecule has 0 spiro atoms. The maximum absolute atomic E-state index is 11.3. The number of carbonyl (C=O) groups is 1. The number of nitro benzene ring substituents is 1. The largest absolute Gasteiger partial charge is 0.444 e. The standard InChI is InChI=1S/C17H22N2O6.C5H11NO2/c20-17(21,25-16-2-1-3-16)11-6-14(8-15(7-11)19(22)23)18-12-4-5-13(18)10-24-9-12;1-5(2,3)8-4(6)7/h6-8,12-13,16,20-21H,1-5,9-10H2;1-3H3,(H2,6,7). The molecular weight excluding hydrogens is 434 g/mol. The molecule has 2 unspecified atom stereocenters. The van der Waals surface area contributed by atoms with Gasteiger partial charge in [0.15, 0.2) is 0 Å². The summed E-state index contributed by atoms with van der Waals surface area (Å²) in [7, 11) is 0. The number of non-ortho nitro benzene ring substituents is 1. The van der Waals surface area contributed by atoms with Crippen LogP contribution in [-0.4, -0.2) is 58.2 Å². The third kappa shape index (κ3) is 6.53. The summed E-state index contributed by atoms with van der Waals surface area (Å²) in [6.07, 6.45) is 3.49. The highest BCUT2D eigenvalue weighted by atomic mass is 16.8. The van der Waals surface area contributed by atoms with E-state index in [1.165, 1.54) is 12.1 Å². The first-order valence-electron chi connectivity index (χ1n) is 11.1. The molecule has 1 saturated carbocycles. The Balaban J connectivity index is 0.000000331. The van der Waals surface area contributed by atoms with E-state index >= 15 is 0 Å². The van der Waals surface area contributed by atoms with Crippen molar-refractivity contribution >= 4 is 17.5 Å².